The molecule has 1 amide bonds. The van der Waals surface area contributed by atoms with Crippen LogP contribution in [0.3, 0.4) is 0 Å². The number of hydrogen-bond acceptors (Lipinski definition) is 3. The van der Waals surface area contributed by atoms with E-state index in [-0.39, 0.29) is 17.6 Å². The molecule has 29 heavy (non-hydrogen) atoms. The minimum absolute atomic E-state index is 0.00715. The Bertz CT molecular complexity index is 873. The van der Waals surface area contributed by atoms with Gasteiger partial charge in [-0.05, 0) is 61.7 Å². The molecule has 1 aliphatic heterocycles. The van der Waals surface area contributed by atoms with E-state index >= 15 is 0 Å². The summed E-state index contributed by atoms with van der Waals surface area (Å²) in [6.45, 7) is 3.01. The fourth-order valence-electron chi connectivity index (χ4n) is 2.94. The Morgan fingerprint density at radius 2 is 1.97 bits per heavy atom. The lowest BCUT2D eigenvalue weighted by Gasteiger charge is -2.14. The third-order valence-electron chi connectivity index (χ3n) is 4.46. The zero-order valence-corrected chi connectivity index (χ0v) is 15.9. The zero-order chi connectivity index (χ0) is 20.9. The number of anilines is 1. The molecule has 1 aliphatic rings. The molecule has 0 saturated carbocycles. The molecular weight excluding hydrogens is 383 g/mol. The lowest BCUT2D eigenvalue weighted by molar-refractivity contribution is -0.137. The summed E-state index contributed by atoms with van der Waals surface area (Å²) in [7, 11) is 0. The van der Waals surface area contributed by atoms with Gasteiger partial charge < -0.3 is 10.1 Å². The highest BCUT2D eigenvalue weighted by atomic mass is 19.4. The van der Waals surface area contributed by atoms with Crippen molar-refractivity contribution in [2.75, 3.05) is 18.5 Å². The highest BCUT2D eigenvalue weighted by molar-refractivity contribution is 6.10. The van der Waals surface area contributed by atoms with Gasteiger partial charge in [-0.1, -0.05) is 12.1 Å². The third kappa shape index (κ3) is 6.05. The van der Waals surface area contributed by atoms with Gasteiger partial charge in [0.1, 0.15) is 0 Å². The molecule has 1 unspecified atom stereocenters. The van der Waals surface area contributed by atoms with Crippen LogP contribution >= 0.6 is 0 Å². The van der Waals surface area contributed by atoms with Crippen molar-refractivity contribution in [3.05, 3.63) is 65.2 Å². The second-order valence-corrected chi connectivity index (χ2v) is 6.85. The molecule has 0 spiro atoms. The monoisotopic (exact) mass is 405 g/mol. The van der Waals surface area contributed by atoms with Crippen LogP contribution in [0, 0.1) is 6.92 Å². The van der Waals surface area contributed by atoms with Crippen LogP contribution in [0.25, 0.3) is 0 Å². The molecule has 1 saturated heterocycles. The smallest absolute Gasteiger partial charge is 0.376 e. The van der Waals surface area contributed by atoms with Gasteiger partial charge in [0.25, 0.3) is 5.91 Å². The first-order valence-corrected chi connectivity index (χ1v) is 9.29. The molecule has 3 rings (SSSR count). The predicted molar refractivity (Wildman–Crippen MR) is 105 cm³/mol. The van der Waals surface area contributed by atoms with Crippen molar-refractivity contribution in [3.8, 4) is 0 Å². The van der Waals surface area contributed by atoms with Gasteiger partial charge in [-0.15, -0.1) is 0 Å². The third-order valence-corrected chi connectivity index (χ3v) is 4.46. The molecule has 5 nitrogen and oxygen atoms in total. The van der Waals surface area contributed by atoms with Gasteiger partial charge >= 0.3 is 6.18 Å². The summed E-state index contributed by atoms with van der Waals surface area (Å²) in [6, 6.07) is 11.6. The molecule has 0 aromatic heterocycles. The van der Waals surface area contributed by atoms with Crippen molar-refractivity contribution < 1.29 is 22.7 Å². The number of amides is 1. The van der Waals surface area contributed by atoms with Crippen molar-refractivity contribution in [2.45, 2.75) is 32.0 Å². The lowest BCUT2D eigenvalue weighted by Crippen LogP contribution is -2.36. The van der Waals surface area contributed by atoms with Crippen LogP contribution in [0.2, 0.25) is 0 Å². The summed E-state index contributed by atoms with van der Waals surface area (Å²) in [5.41, 5.74) is 1.07. The number of rotatable bonds is 4. The van der Waals surface area contributed by atoms with Gasteiger partial charge in [0.2, 0.25) is 5.96 Å². The molecule has 1 atom stereocenters. The number of halogens is 3. The van der Waals surface area contributed by atoms with Crippen LogP contribution in [0.5, 0.6) is 0 Å². The van der Waals surface area contributed by atoms with Gasteiger partial charge in [-0.25, -0.2) is 4.99 Å². The van der Waals surface area contributed by atoms with Crippen LogP contribution in [0.15, 0.2) is 53.5 Å². The molecule has 0 radical (unpaired) electrons. The minimum Gasteiger partial charge on any atom is -0.376 e. The van der Waals surface area contributed by atoms with Crippen LogP contribution < -0.4 is 10.6 Å². The van der Waals surface area contributed by atoms with E-state index in [2.05, 4.69) is 15.6 Å². The quantitative estimate of drug-likeness (QED) is 0.586. The van der Waals surface area contributed by atoms with Gasteiger partial charge in [0.05, 0.1) is 18.2 Å². The number of hydrogen-bond donors (Lipinski definition) is 2. The molecule has 0 aliphatic carbocycles. The van der Waals surface area contributed by atoms with E-state index in [0.717, 1.165) is 48.4 Å². The summed E-state index contributed by atoms with van der Waals surface area (Å²) < 4.78 is 43.7. The number of nitrogens with zero attached hydrogens (tertiary/aromatic N) is 1. The largest absolute Gasteiger partial charge is 0.416 e. The maximum absolute atomic E-state index is 12.7. The Labute approximate surface area is 167 Å². The number of carbonyl (C=O) groups excluding carboxylic acids is 1. The van der Waals surface area contributed by atoms with Crippen LogP contribution in [-0.2, 0) is 10.9 Å². The lowest BCUT2D eigenvalue weighted by atomic mass is 10.1. The van der Waals surface area contributed by atoms with Crippen molar-refractivity contribution in [1.29, 1.82) is 0 Å². The SMILES string of the molecule is Cc1cccc(NC(=NCC2CCCO2)NC(=O)c2ccc(C(F)(F)F)cc2)c1. The Morgan fingerprint density at radius 3 is 2.59 bits per heavy atom. The molecule has 0 bridgehead atoms. The van der Waals surface area contributed by atoms with E-state index in [1.54, 1.807) is 0 Å². The maximum atomic E-state index is 12.7. The number of carbonyl (C=O) groups is 1. The number of aryl methyl sites for hydroxylation is 1. The fourth-order valence-corrected chi connectivity index (χ4v) is 2.94. The molecule has 1 heterocycles. The van der Waals surface area contributed by atoms with E-state index in [0.29, 0.717) is 13.2 Å². The van der Waals surface area contributed by atoms with E-state index in [1.807, 2.05) is 31.2 Å². The Hall–Kier alpha value is -2.87. The van der Waals surface area contributed by atoms with Crippen molar-refractivity contribution in [1.82, 2.24) is 5.32 Å². The van der Waals surface area contributed by atoms with Crippen molar-refractivity contribution in [3.63, 3.8) is 0 Å². The number of nitrogens with one attached hydrogen (secondary N) is 2. The van der Waals surface area contributed by atoms with Crippen molar-refractivity contribution in [2.24, 2.45) is 4.99 Å². The first-order valence-electron chi connectivity index (χ1n) is 9.29. The molecule has 2 N–H and O–H groups in total. The Morgan fingerprint density at radius 1 is 1.21 bits per heavy atom. The molecule has 2 aromatic carbocycles. The highest BCUT2D eigenvalue weighted by Gasteiger charge is 2.30. The molecule has 2 aromatic rings. The summed E-state index contributed by atoms with van der Waals surface area (Å²) in [5.74, 6) is -0.332. The number of ether oxygens (including phenoxy) is 1. The molecule has 1 fully saturated rings. The maximum Gasteiger partial charge on any atom is 0.416 e. The Balaban J connectivity index is 1.74. The standard InChI is InChI=1S/C21H22F3N3O2/c1-14-4-2-5-17(12-14)26-20(25-13-18-6-3-11-29-18)27-19(28)15-7-9-16(10-8-15)21(22,23)24/h2,4-5,7-10,12,18H,3,6,11,13H2,1H3,(H2,25,26,27,28). The summed E-state index contributed by atoms with van der Waals surface area (Å²) in [5, 5.41) is 5.71. The van der Waals surface area contributed by atoms with Gasteiger partial charge in [0, 0.05) is 17.9 Å². The van der Waals surface area contributed by atoms with Crippen molar-refractivity contribution >= 4 is 17.6 Å². The Kier molecular flexibility index (Phi) is 6.53. The topological polar surface area (TPSA) is 62.7 Å². The second kappa shape index (κ2) is 9.09. The summed E-state index contributed by atoms with van der Waals surface area (Å²) in [4.78, 5) is 16.9. The minimum atomic E-state index is -4.45. The first-order chi connectivity index (χ1) is 13.8. The molecule has 8 heteroatoms. The number of guanidine groups is 1. The number of benzene rings is 2. The summed E-state index contributed by atoms with van der Waals surface area (Å²) >= 11 is 0. The van der Waals surface area contributed by atoms with Gasteiger partial charge in [-0.3, -0.25) is 10.1 Å². The number of aliphatic imine (C=N–C) groups is 1. The summed E-state index contributed by atoms with van der Waals surface area (Å²) in [6.07, 6.45) is -2.59. The highest BCUT2D eigenvalue weighted by Crippen LogP contribution is 2.29. The predicted octanol–water partition coefficient (Wildman–Crippen LogP) is 4.39. The average Bonchev–Trinajstić information content (AvgIpc) is 3.19. The van der Waals surface area contributed by atoms with E-state index in [1.165, 1.54) is 0 Å². The molecule has 154 valence electrons. The van der Waals surface area contributed by atoms with Gasteiger partial charge in [-0.2, -0.15) is 13.2 Å². The van der Waals surface area contributed by atoms with Crippen LogP contribution in [0.1, 0.15) is 34.3 Å². The van der Waals surface area contributed by atoms with E-state index in [4.69, 9.17) is 4.74 Å². The molecular formula is C21H22F3N3O2. The fraction of sp³-hybridized carbons (Fsp3) is 0.333. The normalized spacial score (nSPS) is 17.2. The number of alkyl halides is 3. The van der Waals surface area contributed by atoms with E-state index in [9.17, 15) is 18.0 Å². The van der Waals surface area contributed by atoms with Crippen LogP contribution in [-0.4, -0.2) is 31.1 Å². The second-order valence-electron chi connectivity index (χ2n) is 6.85. The zero-order valence-electron chi connectivity index (χ0n) is 15.9. The van der Waals surface area contributed by atoms with Gasteiger partial charge in [0.15, 0.2) is 0 Å². The van der Waals surface area contributed by atoms with E-state index < -0.39 is 17.6 Å². The average molecular weight is 405 g/mol. The first kappa shape index (κ1) is 20.9. The van der Waals surface area contributed by atoms with Crippen LogP contribution in [0.4, 0.5) is 18.9 Å².